The van der Waals surface area contributed by atoms with Gasteiger partial charge in [0.25, 0.3) is 11.5 Å². The summed E-state index contributed by atoms with van der Waals surface area (Å²) >= 11 is 0. The lowest BCUT2D eigenvalue weighted by Crippen LogP contribution is -2.25. The molecule has 1 aromatic carbocycles. The molecule has 1 unspecified atom stereocenters. The van der Waals surface area contributed by atoms with Gasteiger partial charge in [-0.15, -0.1) is 0 Å². The van der Waals surface area contributed by atoms with Crippen LogP contribution in [-0.2, 0) is 28.2 Å². The minimum atomic E-state index is -4.67. The van der Waals surface area contributed by atoms with E-state index in [4.69, 9.17) is 27.0 Å². The second kappa shape index (κ2) is 14.3. The predicted octanol–water partition coefficient (Wildman–Crippen LogP) is 2.22. The minimum Gasteiger partial charge on any atom is -0.494 e. The van der Waals surface area contributed by atoms with Gasteiger partial charge in [-0.2, -0.15) is 13.5 Å². The molecule has 3 heterocycles. The van der Waals surface area contributed by atoms with E-state index in [-0.39, 0.29) is 29.5 Å². The third kappa shape index (κ3) is 9.04. The first-order chi connectivity index (χ1) is 19.5. The van der Waals surface area contributed by atoms with E-state index in [0.717, 1.165) is 11.1 Å². The number of aromatic nitrogens is 4. The highest BCUT2D eigenvalue weighted by Gasteiger charge is 2.24. The molecule has 4 rings (SSSR count). The van der Waals surface area contributed by atoms with Crippen molar-refractivity contribution < 1.29 is 36.2 Å². The maximum absolute atomic E-state index is 14.4. The van der Waals surface area contributed by atoms with E-state index in [1.54, 1.807) is 23.9 Å². The standard InChI is InChI=1S/C26H26FN5O4.H2O4S/c1-35-16-20(18-8-6-17(7-9-18)15-32-12-4-3-5-23(32)33)25-19(13-30-31-25)26(34)29-14-21-24(27)22(36-2)10-11-28-21;1-5(2,3)4/h3-13,20H,14-16H2,1-2H3,(H,29,34)(H,30,31);(H2,1,2,3,4). The van der Waals surface area contributed by atoms with Gasteiger partial charge >= 0.3 is 10.4 Å². The summed E-state index contributed by atoms with van der Waals surface area (Å²) < 4.78 is 58.0. The number of ether oxygens (including phenoxy) is 2. The zero-order valence-electron chi connectivity index (χ0n) is 22.0. The molecule has 4 N–H and O–H groups in total. The number of halogens is 1. The first-order valence-corrected chi connectivity index (χ1v) is 13.3. The Morgan fingerprint density at radius 2 is 1.85 bits per heavy atom. The Labute approximate surface area is 234 Å². The van der Waals surface area contributed by atoms with Crippen LogP contribution in [0.1, 0.15) is 38.8 Å². The Morgan fingerprint density at radius 1 is 1.15 bits per heavy atom. The van der Waals surface area contributed by atoms with Crippen LogP contribution in [-0.4, -0.2) is 64.0 Å². The fourth-order valence-corrected chi connectivity index (χ4v) is 3.91. The highest BCUT2D eigenvalue weighted by Crippen LogP contribution is 2.27. The van der Waals surface area contributed by atoms with Crippen molar-refractivity contribution in [3.05, 3.63) is 111 Å². The third-order valence-electron chi connectivity index (χ3n) is 5.79. The molecule has 218 valence electrons. The molecule has 0 aliphatic heterocycles. The van der Waals surface area contributed by atoms with Crippen LogP contribution in [0.3, 0.4) is 0 Å². The van der Waals surface area contributed by atoms with Crippen LogP contribution in [0, 0.1) is 5.82 Å². The zero-order chi connectivity index (χ0) is 30.0. The molecule has 0 radical (unpaired) electrons. The lowest BCUT2D eigenvalue weighted by atomic mass is 9.93. The number of carbonyl (C=O) groups excluding carboxylic acids is 1. The second-order valence-electron chi connectivity index (χ2n) is 8.52. The highest BCUT2D eigenvalue weighted by atomic mass is 32.3. The molecule has 13 nitrogen and oxygen atoms in total. The summed E-state index contributed by atoms with van der Waals surface area (Å²) in [6.45, 7) is 0.627. The first-order valence-electron chi connectivity index (χ1n) is 11.9. The summed E-state index contributed by atoms with van der Waals surface area (Å²) in [6, 6.07) is 14.2. The van der Waals surface area contributed by atoms with Crippen molar-refractivity contribution in [2.75, 3.05) is 20.8 Å². The summed E-state index contributed by atoms with van der Waals surface area (Å²) in [5.41, 5.74) is 2.74. The molecule has 0 fully saturated rings. The van der Waals surface area contributed by atoms with Crippen LogP contribution >= 0.6 is 0 Å². The van der Waals surface area contributed by atoms with Gasteiger partial charge in [0.1, 0.15) is 0 Å². The molecule has 0 bridgehead atoms. The fraction of sp³-hybridized carbons (Fsp3) is 0.231. The minimum absolute atomic E-state index is 0.0546. The van der Waals surface area contributed by atoms with Gasteiger partial charge in [-0.3, -0.25) is 28.8 Å². The molecule has 0 saturated heterocycles. The molecule has 3 aromatic heterocycles. The normalized spacial score (nSPS) is 11.7. The van der Waals surface area contributed by atoms with Gasteiger partial charge in [-0.1, -0.05) is 30.3 Å². The Kier molecular flexibility index (Phi) is 10.8. The Balaban J connectivity index is 0.000000850. The molecule has 41 heavy (non-hydrogen) atoms. The maximum Gasteiger partial charge on any atom is 0.394 e. The number of aromatic amines is 1. The number of methoxy groups -OCH3 is 2. The van der Waals surface area contributed by atoms with Crippen LogP contribution in [0.2, 0.25) is 0 Å². The van der Waals surface area contributed by atoms with Crippen LogP contribution in [0.15, 0.2) is 71.9 Å². The Hall–Kier alpha value is -4.44. The van der Waals surface area contributed by atoms with Gasteiger partial charge in [0, 0.05) is 37.6 Å². The Morgan fingerprint density at radius 3 is 2.49 bits per heavy atom. The van der Waals surface area contributed by atoms with E-state index >= 15 is 0 Å². The molecule has 1 amide bonds. The van der Waals surface area contributed by atoms with Crippen molar-refractivity contribution in [3.63, 3.8) is 0 Å². The molecular formula is C26H28FN5O8S. The molecule has 1 atom stereocenters. The largest absolute Gasteiger partial charge is 0.494 e. The van der Waals surface area contributed by atoms with E-state index in [2.05, 4.69) is 20.5 Å². The SMILES string of the molecule is COCC(c1ccc(Cn2ccccc2=O)cc1)c1[nH]ncc1C(=O)NCc1nccc(OC)c1F.O=S(=O)(O)O. The first kappa shape index (κ1) is 31.1. The van der Waals surface area contributed by atoms with Crippen molar-refractivity contribution in [1.29, 1.82) is 0 Å². The van der Waals surface area contributed by atoms with Gasteiger partial charge in [0.2, 0.25) is 0 Å². The number of amides is 1. The van der Waals surface area contributed by atoms with Gasteiger partial charge in [0.05, 0.1) is 50.0 Å². The smallest absolute Gasteiger partial charge is 0.394 e. The lowest BCUT2D eigenvalue weighted by Gasteiger charge is -2.17. The number of nitrogens with one attached hydrogen (secondary N) is 2. The number of hydrogen-bond donors (Lipinski definition) is 4. The summed E-state index contributed by atoms with van der Waals surface area (Å²) in [6.07, 6.45) is 4.59. The molecular weight excluding hydrogens is 561 g/mol. The molecule has 0 aliphatic rings. The second-order valence-corrected chi connectivity index (χ2v) is 9.41. The summed E-state index contributed by atoms with van der Waals surface area (Å²) in [4.78, 5) is 29.0. The van der Waals surface area contributed by atoms with Crippen molar-refractivity contribution in [3.8, 4) is 5.75 Å². The molecule has 4 aromatic rings. The zero-order valence-corrected chi connectivity index (χ0v) is 22.8. The van der Waals surface area contributed by atoms with Crippen molar-refractivity contribution in [2.45, 2.75) is 19.0 Å². The van der Waals surface area contributed by atoms with Gasteiger partial charge in [-0.05, 0) is 17.2 Å². The van der Waals surface area contributed by atoms with Crippen LogP contribution in [0.25, 0.3) is 0 Å². The summed E-state index contributed by atoms with van der Waals surface area (Å²) in [7, 11) is -1.72. The molecule has 0 aliphatic carbocycles. The monoisotopic (exact) mass is 589 g/mol. The highest BCUT2D eigenvalue weighted by molar-refractivity contribution is 7.79. The Bertz CT molecular complexity index is 1620. The van der Waals surface area contributed by atoms with E-state index in [1.165, 1.54) is 31.6 Å². The predicted molar refractivity (Wildman–Crippen MR) is 145 cm³/mol. The van der Waals surface area contributed by atoms with Crippen molar-refractivity contribution in [2.24, 2.45) is 0 Å². The number of pyridine rings is 2. The molecule has 0 saturated carbocycles. The number of nitrogens with zero attached hydrogens (tertiary/aromatic N) is 3. The van der Waals surface area contributed by atoms with Crippen molar-refractivity contribution in [1.82, 2.24) is 25.1 Å². The maximum atomic E-state index is 14.4. The van der Waals surface area contributed by atoms with Crippen molar-refractivity contribution >= 4 is 16.3 Å². The number of benzene rings is 1. The fourth-order valence-electron chi connectivity index (χ4n) is 3.91. The van der Waals surface area contributed by atoms with E-state index < -0.39 is 22.1 Å². The number of H-pyrrole nitrogens is 1. The van der Waals surface area contributed by atoms with E-state index in [0.29, 0.717) is 24.4 Å². The number of rotatable bonds is 10. The number of hydrogen-bond acceptors (Lipinski definition) is 8. The quantitative estimate of drug-likeness (QED) is 0.200. The van der Waals surface area contributed by atoms with Gasteiger partial charge < -0.3 is 19.4 Å². The van der Waals surface area contributed by atoms with Crippen LogP contribution in [0.5, 0.6) is 5.75 Å². The topological polar surface area (TPSA) is 186 Å². The van der Waals surface area contributed by atoms with Crippen LogP contribution < -0.4 is 15.6 Å². The average Bonchev–Trinajstić information content (AvgIpc) is 3.42. The summed E-state index contributed by atoms with van der Waals surface area (Å²) in [5, 5.41) is 9.67. The molecule has 0 spiro atoms. The number of carbonyl (C=O) groups is 1. The van der Waals surface area contributed by atoms with Gasteiger partial charge in [0.15, 0.2) is 11.6 Å². The third-order valence-corrected chi connectivity index (χ3v) is 5.79. The van der Waals surface area contributed by atoms with E-state index in [1.807, 2.05) is 30.3 Å². The lowest BCUT2D eigenvalue weighted by molar-refractivity contribution is 0.0948. The molecule has 15 heteroatoms. The van der Waals surface area contributed by atoms with Gasteiger partial charge in [-0.25, -0.2) is 4.39 Å². The van der Waals surface area contributed by atoms with Crippen LogP contribution in [0.4, 0.5) is 4.39 Å². The van der Waals surface area contributed by atoms with E-state index in [9.17, 15) is 14.0 Å². The average molecular weight is 590 g/mol. The summed E-state index contributed by atoms with van der Waals surface area (Å²) in [5.74, 6) is -1.30.